The first kappa shape index (κ1) is 18.2. The number of sulfone groups is 1. The van der Waals surface area contributed by atoms with E-state index in [-0.39, 0.29) is 23.5 Å². The normalized spacial score (nSPS) is 24.6. The summed E-state index contributed by atoms with van der Waals surface area (Å²) in [5.74, 6) is 0.628. The molecule has 0 aromatic heterocycles. The molecule has 0 N–H and O–H groups in total. The Labute approximate surface area is 156 Å². The van der Waals surface area contributed by atoms with Crippen molar-refractivity contribution in [1.82, 2.24) is 4.90 Å². The Hall–Kier alpha value is -1.64. The molecule has 1 aromatic carbocycles. The lowest BCUT2D eigenvalue weighted by atomic mass is 10.2. The molecule has 1 amide bonds. The Morgan fingerprint density at radius 2 is 2.12 bits per heavy atom. The maximum Gasteiger partial charge on any atom is 0.266 e. The fourth-order valence-corrected chi connectivity index (χ4v) is 5.88. The maximum absolute atomic E-state index is 12.6. The molecule has 1 aromatic rings. The van der Waals surface area contributed by atoms with Crippen molar-refractivity contribution in [2.24, 2.45) is 0 Å². The third-order valence-electron chi connectivity index (χ3n) is 4.06. The van der Waals surface area contributed by atoms with E-state index in [9.17, 15) is 13.2 Å². The van der Waals surface area contributed by atoms with Gasteiger partial charge in [0.15, 0.2) is 9.84 Å². The summed E-state index contributed by atoms with van der Waals surface area (Å²) >= 11 is 6.48. The minimum atomic E-state index is -3.07. The molecule has 0 saturated carbocycles. The van der Waals surface area contributed by atoms with Crippen LogP contribution in [0.3, 0.4) is 0 Å². The molecule has 132 valence electrons. The largest absolute Gasteiger partial charge is 0.496 e. The third kappa shape index (κ3) is 3.96. The molecule has 0 radical (unpaired) electrons. The zero-order valence-electron chi connectivity index (χ0n) is 13.5. The van der Waals surface area contributed by atoms with E-state index in [1.54, 1.807) is 19.3 Å². The summed E-state index contributed by atoms with van der Waals surface area (Å²) in [6.45, 7) is 0. The van der Waals surface area contributed by atoms with E-state index in [1.165, 1.54) is 16.7 Å². The van der Waals surface area contributed by atoms with Gasteiger partial charge in [-0.3, -0.25) is 9.69 Å². The first-order chi connectivity index (χ1) is 11.9. The Morgan fingerprint density at radius 3 is 2.80 bits per heavy atom. The van der Waals surface area contributed by atoms with Gasteiger partial charge in [-0.15, -0.1) is 0 Å². The summed E-state index contributed by atoms with van der Waals surface area (Å²) in [5, 5.41) is 0. The van der Waals surface area contributed by atoms with Crippen molar-refractivity contribution < 1.29 is 17.9 Å². The highest BCUT2D eigenvalue weighted by atomic mass is 32.2. The molecule has 2 fully saturated rings. The minimum absolute atomic E-state index is 0.0101. The van der Waals surface area contributed by atoms with Crippen LogP contribution >= 0.6 is 24.0 Å². The first-order valence-corrected chi connectivity index (χ1v) is 10.7. The van der Waals surface area contributed by atoms with E-state index in [1.807, 2.05) is 30.3 Å². The lowest BCUT2D eigenvalue weighted by Crippen LogP contribution is -2.39. The lowest BCUT2D eigenvalue weighted by Gasteiger charge is -2.20. The van der Waals surface area contributed by atoms with Gasteiger partial charge in [-0.2, -0.15) is 0 Å². The van der Waals surface area contributed by atoms with Crippen molar-refractivity contribution in [2.45, 2.75) is 12.5 Å². The van der Waals surface area contributed by atoms with Gasteiger partial charge >= 0.3 is 0 Å². The smallest absolute Gasteiger partial charge is 0.266 e. The second-order valence-corrected chi connectivity index (χ2v) is 9.64. The Balaban J connectivity index is 1.76. The van der Waals surface area contributed by atoms with Crippen LogP contribution in [0.5, 0.6) is 5.75 Å². The highest BCUT2D eigenvalue weighted by Crippen LogP contribution is 2.35. The summed E-state index contributed by atoms with van der Waals surface area (Å²) in [6, 6.07) is 7.22. The van der Waals surface area contributed by atoms with Crippen LogP contribution in [-0.4, -0.2) is 48.2 Å². The molecule has 1 atom stereocenters. The summed E-state index contributed by atoms with van der Waals surface area (Å²) < 4.78 is 29.0. The number of para-hydroxylation sites is 1. The number of thiocarbonyl (C=S) groups is 1. The summed E-state index contributed by atoms with van der Waals surface area (Å²) in [4.78, 5) is 14.5. The number of hydrogen-bond acceptors (Lipinski definition) is 6. The predicted octanol–water partition coefficient (Wildman–Crippen LogP) is 2.64. The molecule has 0 spiro atoms. The van der Waals surface area contributed by atoms with Crippen LogP contribution in [0.15, 0.2) is 41.3 Å². The third-order valence-corrected chi connectivity index (χ3v) is 7.16. The van der Waals surface area contributed by atoms with Gasteiger partial charge in [0.05, 0.1) is 29.6 Å². The number of amides is 1. The van der Waals surface area contributed by atoms with Gasteiger partial charge in [-0.25, -0.2) is 8.42 Å². The van der Waals surface area contributed by atoms with Crippen LogP contribution in [0.2, 0.25) is 0 Å². The summed E-state index contributed by atoms with van der Waals surface area (Å²) in [5.41, 5.74) is 0.901. The molecule has 0 bridgehead atoms. The monoisotopic (exact) mass is 395 g/mol. The van der Waals surface area contributed by atoms with Crippen molar-refractivity contribution in [3.8, 4) is 5.75 Å². The van der Waals surface area contributed by atoms with Crippen LogP contribution in [0.25, 0.3) is 6.08 Å². The molecule has 0 aliphatic carbocycles. The second-order valence-electron chi connectivity index (χ2n) is 5.73. The van der Waals surface area contributed by atoms with E-state index < -0.39 is 9.84 Å². The van der Waals surface area contributed by atoms with Gasteiger partial charge in [0.25, 0.3) is 5.91 Å². The number of nitrogens with zero attached hydrogens (tertiary/aromatic N) is 1. The quantitative estimate of drug-likeness (QED) is 0.577. The Bertz CT molecular complexity index is 874. The number of allylic oxidation sites excluding steroid dienone is 2. The Morgan fingerprint density at radius 1 is 1.36 bits per heavy atom. The molecule has 8 heteroatoms. The fourth-order valence-electron chi connectivity index (χ4n) is 2.83. The van der Waals surface area contributed by atoms with Crippen LogP contribution in [0.1, 0.15) is 12.0 Å². The van der Waals surface area contributed by atoms with Gasteiger partial charge in [-0.1, -0.05) is 54.3 Å². The van der Waals surface area contributed by atoms with Crippen molar-refractivity contribution in [3.63, 3.8) is 0 Å². The number of ether oxygens (including phenoxy) is 1. The van der Waals surface area contributed by atoms with E-state index in [0.717, 1.165) is 11.3 Å². The molecular formula is C17H17NO4S3. The van der Waals surface area contributed by atoms with Crippen LogP contribution < -0.4 is 4.74 Å². The summed E-state index contributed by atoms with van der Waals surface area (Å²) in [7, 11) is -1.46. The maximum atomic E-state index is 12.6. The zero-order valence-corrected chi connectivity index (χ0v) is 16.0. The summed E-state index contributed by atoms with van der Waals surface area (Å²) in [6.07, 6.45) is 5.77. The van der Waals surface area contributed by atoms with Crippen LogP contribution in [0, 0.1) is 0 Å². The minimum Gasteiger partial charge on any atom is -0.496 e. The van der Waals surface area contributed by atoms with Crippen molar-refractivity contribution >= 4 is 50.1 Å². The number of benzene rings is 1. The van der Waals surface area contributed by atoms with Crippen LogP contribution in [-0.2, 0) is 14.6 Å². The predicted molar refractivity (Wildman–Crippen MR) is 104 cm³/mol. The molecule has 2 saturated heterocycles. The molecule has 5 nitrogen and oxygen atoms in total. The number of rotatable bonds is 4. The molecular weight excluding hydrogens is 378 g/mol. The van der Waals surface area contributed by atoms with Gasteiger partial charge < -0.3 is 4.74 Å². The molecule has 2 aliphatic heterocycles. The van der Waals surface area contributed by atoms with Crippen molar-refractivity contribution in [3.05, 3.63) is 46.9 Å². The lowest BCUT2D eigenvalue weighted by molar-refractivity contribution is -0.123. The van der Waals surface area contributed by atoms with Gasteiger partial charge in [0, 0.05) is 5.56 Å². The number of methoxy groups -OCH3 is 1. The van der Waals surface area contributed by atoms with Gasteiger partial charge in [0.1, 0.15) is 10.1 Å². The number of thioether (sulfide) groups is 1. The number of hydrogen-bond donors (Lipinski definition) is 0. The van der Waals surface area contributed by atoms with Crippen molar-refractivity contribution in [1.29, 1.82) is 0 Å². The number of carbonyl (C=O) groups excluding carboxylic acids is 1. The average molecular weight is 396 g/mol. The van der Waals surface area contributed by atoms with E-state index in [0.29, 0.717) is 15.6 Å². The van der Waals surface area contributed by atoms with Gasteiger partial charge in [-0.05, 0) is 18.6 Å². The highest BCUT2D eigenvalue weighted by Gasteiger charge is 2.41. The van der Waals surface area contributed by atoms with E-state index >= 15 is 0 Å². The SMILES string of the molecule is COc1ccccc1/C=C/C=C1\SC(=S)N(C2CCS(=O)(=O)C2)C1=O. The topological polar surface area (TPSA) is 63.7 Å². The molecule has 2 aliphatic rings. The van der Waals surface area contributed by atoms with E-state index in [2.05, 4.69) is 0 Å². The molecule has 2 heterocycles. The van der Waals surface area contributed by atoms with E-state index in [4.69, 9.17) is 17.0 Å². The number of carbonyl (C=O) groups is 1. The molecule has 1 unspecified atom stereocenters. The van der Waals surface area contributed by atoms with Crippen LogP contribution in [0.4, 0.5) is 0 Å². The average Bonchev–Trinajstić information content (AvgIpc) is 3.06. The second kappa shape index (κ2) is 7.31. The molecule has 25 heavy (non-hydrogen) atoms. The standard InChI is InChI=1S/C17H17NO4S3/c1-22-14-7-3-2-5-12(14)6-4-8-15-16(19)18(17(23)24-15)13-9-10-25(20,21)11-13/h2-8,13H,9-11H2,1H3/b6-4+,15-8-. The fraction of sp³-hybridized carbons (Fsp3) is 0.294. The molecule has 3 rings (SSSR count). The van der Waals surface area contributed by atoms with Crippen molar-refractivity contribution in [2.75, 3.05) is 18.6 Å². The highest BCUT2D eigenvalue weighted by molar-refractivity contribution is 8.26. The first-order valence-electron chi connectivity index (χ1n) is 7.68. The zero-order chi connectivity index (χ0) is 18.0. The Kier molecular flexibility index (Phi) is 5.31. The van der Waals surface area contributed by atoms with Gasteiger partial charge in [0.2, 0.25) is 0 Å².